The molecule has 0 saturated carbocycles. The Hall–Kier alpha value is -3.09. The Labute approximate surface area is 125 Å². The van der Waals surface area contributed by atoms with Crippen LogP contribution in [0.4, 0.5) is 0 Å². The first-order valence-corrected chi connectivity index (χ1v) is 6.38. The van der Waals surface area contributed by atoms with Gasteiger partial charge in [0.2, 0.25) is 0 Å². The summed E-state index contributed by atoms with van der Waals surface area (Å²) in [7, 11) is 1.54. The standard InChI is InChI=1S/C15H14N2O5/c1-17(8-9-2-4-10(5-3-9)15(21)22)14(20)12-6-11(18)7-13(19)16-12/h2-7H,8H2,1H3,(H,21,22)(H2,16,18,19). The minimum atomic E-state index is -1.02. The van der Waals surface area contributed by atoms with Gasteiger partial charge in [-0.25, -0.2) is 4.79 Å². The second-order valence-corrected chi connectivity index (χ2v) is 4.78. The second kappa shape index (κ2) is 6.13. The molecule has 7 heteroatoms. The number of benzene rings is 1. The highest BCUT2D eigenvalue weighted by Gasteiger charge is 2.14. The van der Waals surface area contributed by atoms with Crippen molar-refractivity contribution in [1.29, 1.82) is 0 Å². The summed E-state index contributed by atoms with van der Waals surface area (Å²) in [4.78, 5) is 37.9. The number of aromatic amines is 1. The number of rotatable bonds is 4. The number of pyridine rings is 1. The Kier molecular flexibility index (Phi) is 4.26. The largest absolute Gasteiger partial charge is 0.508 e. The van der Waals surface area contributed by atoms with Crippen LogP contribution in [0.15, 0.2) is 41.2 Å². The number of aromatic hydroxyl groups is 1. The summed E-state index contributed by atoms with van der Waals surface area (Å²) < 4.78 is 0. The van der Waals surface area contributed by atoms with Crippen LogP contribution in [-0.4, -0.2) is 39.0 Å². The van der Waals surface area contributed by atoms with Gasteiger partial charge >= 0.3 is 5.97 Å². The Morgan fingerprint density at radius 2 is 1.82 bits per heavy atom. The van der Waals surface area contributed by atoms with Crippen LogP contribution < -0.4 is 5.56 Å². The number of carboxylic acid groups (broad SMARTS) is 1. The summed E-state index contributed by atoms with van der Waals surface area (Å²) in [5.41, 5.74) is 0.315. The average molecular weight is 302 g/mol. The fraction of sp³-hybridized carbons (Fsp3) is 0.133. The molecule has 1 aromatic heterocycles. The van der Waals surface area contributed by atoms with E-state index in [2.05, 4.69) is 4.98 Å². The second-order valence-electron chi connectivity index (χ2n) is 4.78. The number of nitrogens with zero attached hydrogens (tertiary/aromatic N) is 1. The van der Waals surface area contributed by atoms with Crippen molar-refractivity contribution in [3.05, 3.63) is 63.6 Å². The van der Waals surface area contributed by atoms with E-state index in [4.69, 9.17) is 5.11 Å². The van der Waals surface area contributed by atoms with Crippen LogP contribution in [0.3, 0.4) is 0 Å². The molecule has 1 amide bonds. The monoisotopic (exact) mass is 302 g/mol. The van der Waals surface area contributed by atoms with Crippen molar-refractivity contribution in [3.8, 4) is 5.75 Å². The number of hydrogen-bond donors (Lipinski definition) is 3. The van der Waals surface area contributed by atoms with Crippen LogP contribution in [0.5, 0.6) is 5.75 Å². The van der Waals surface area contributed by atoms with Gasteiger partial charge in [0.05, 0.1) is 5.56 Å². The minimum Gasteiger partial charge on any atom is -0.508 e. The summed E-state index contributed by atoms with van der Waals surface area (Å²) in [6, 6.07) is 8.27. The number of carbonyl (C=O) groups is 2. The van der Waals surface area contributed by atoms with Crippen LogP contribution >= 0.6 is 0 Å². The number of nitrogens with one attached hydrogen (secondary N) is 1. The Morgan fingerprint density at radius 1 is 1.18 bits per heavy atom. The number of hydrogen-bond acceptors (Lipinski definition) is 4. The Balaban J connectivity index is 2.14. The van der Waals surface area contributed by atoms with Gasteiger partial charge in [-0.3, -0.25) is 9.59 Å². The summed E-state index contributed by atoms with van der Waals surface area (Å²) in [6.07, 6.45) is 0. The van der Waals surface area contributed by atoms with E-state index >= 15 is 0 Å². The van der Waals surface area contributed by atoms with E-state index < -0.39 is 17.4 Å². The summed E-state index contributed by atoms with van der Waals surface area (Å²) in [6.45, 7) is 0.233. The highest BCUT2D eigenvalue weighted by molar-refractivity contribution is 5.92. The summed E-state index contributed by atoms with van der Waals surface area (Å²) in [5, 5.41) is 18.2. The van der Waals surface area contributed by atoms with Gasteiger partial charge in [-0.1, -0.05) is 12.1 Å². The molecule has 1 heterocycles. The van der Waals surface area contributed by atoms with Crippen molar-refractivity contribution in [2.24, 2.45) is 0 Å². The maximum absolute atomic E-state index is 12.2. The van der Waals surface area contributed by atoms with Gasteiger partial charge in [0.1, 0.15) is 11.4 Å². The third kappa shape index (κ3) is 3.51. The molecule has 0 aliphatic rings. The molecule has 0 bridgehead atoms. The number of aromatic carboxylic acids is 1. The number of carboxylic acids is 1. The zero-order valence-corrected chi connectivity index (χ0v) is 11.7. The summed E-state index contributed by atoms with van der Waals surface area (Å²) in [5.74, 6) is -1.77. The maximum atomic E-state index is 12.2. The van der Waals surface area contributed by atoms with E-state index in [1.54, 1.807) is 12.1 Å². The molecule has 0 radical (unpaired) electrons. The van der Waals surface area contributed by atoms with Gasteiger partial charge in [0.25, 0.3) is 11.5 Å². The molecule has 0 aliphatic heterocycles. The number of aromatic nitrogens is 1. The molecule has 2 rings (SSSR count). The van der Waals surface area contributed by atoms with Crippen LogP contribution in [0.1, 0.15) is 26.4 Å². The van der Waals surface area contributed by atoms with Crippen molar-refractivity contribution >= 4 is 11.9 Å². The molecule has 0 unspecified atom stereocenters. The fourth-order valence-electron chi connectivity index (χ4n) is 1.95. The van der Waals surface area contributed by atoms with E-state index in [0.717, 1.165) is 11.6 Å². The van der Waals surface area contributed by atoms with Crippen LogP contribution in [-0.2, 0) is 6.54 Å². The third-order valence-electron chi connectivity index (χ3n) is 3.03. The van der Waals surface area contributed by atoms with Crippen molar-refractivity contribution in [3.63, 3.8) is 0 Å². The SMILES string of the molecule is CN(Cc1ccc(C(=O)O)cc1)C(=O)c1cc(O)cc(=O)[nH]1. The normalized spacial score (nSPS) is 10.2. The number of H-pyrrole nitrogens is 1. The lowest BCUT2D eigenvalue weighted by Crippen LogP contribution is -2.28. The first kappa shape index (κ1) is 15.3. The first-order chi connectivity index (χ1) is 10.4. The molecule has 0 fully saturated rings. The van der Waals surface area contributed by atoms with Crippen LogP contribution in [0.2, 0.25) is 0 Å². The molecule has 0 atom stereocenters. The van der Waals surface area contributed by atoms with Crippen molar-refractivity contribution < 1.29 is 19.8 Å². The minimum absolute atomic E-state index is 0.0188. The summed E-state index contributed by atoms with van der Waals surface area (Å²) >= 11 is 0. The van der Waals surface area contributed by atoms with Gasteiger partial charge < -0.3 is 20.1 Å². The molecule has 0 spiro atoms. The number of amides is 1. The van der Waals surface area contributed by atoms with Gasteiger partial charge in [0, 0.05) is 25.7 Å². The zero-order valence-electron chi connectivity index (χ0n) is 11.7. The molecule has 3 N–H and O–H groups in total. The van der Waals surface area contributed by atoms with Crippen LogP contribution in [0, 0.1) is 0 Å². The van der Waals surface area contributed by atoms with Crippen molar-refractivity contribution in [2.45, 2.75) is 6.54 Å². The van der Waals surface area contributed by atoms with Crippen molar-refractivity contribution in [1.82, 2.24) is 9.88 Å². The van der Waals surface area contributed by atoms with E-state index in [-0.39, 0.29) is 23.6 Å². The lowest BCUT2D eigenvalue weighted by molar-refractivity contribution is 0.0695. The van der Waals surface area contributed by atoms with Crippen molar-refractivity contribution in [2.75, 3.05) is 7.05 Å². The first-order valence-electron chi connectivity index (χ1n) is 6.38. The van der Waals surface area contributed by atoms with E-state index in [1.165, 1.54) is 30.1 Å². The fourth-order valence-corrected chi connectivity index (χ4v) is 1.95. The Bertz CT molecular complexity index is 764. The molecule has 22 heavy (non-hydrogen) atoms. The smallest absolute Gasteiger partial charge is 0.335 e. The van der Waals surface area contributed by atoms with Gasteiger partial charge in [-0.2, -0.15) is 0 Å². The highest BCUT2D eigenvalue weighted by atomic mass is 16.4. The molecule has 1 aromatic carbocycles. The predicted molar refractivity (Wildman–Crippen MR) is 77.9 cm³/mol. The molecular formula is C15H14N2O5. The molecule has 2 aromatic rings. The number of carbonyl (C=O) groups excluding carboxylic acids is 1. The average Bonchev–Trinajstić information content (AvgIpc) is 2.46. The van der Waals surface area contributed by atoms with Gasteiger partial charge in [-0.05, 0) is 17.7 Å². The molecule has 114 valence electrons. The zero-order chi connectivity index (χ0) is 16.3. The predicted octanol–water partition coefficient (Wildman–Crippen LogP) is 1.05. The van der Waals surface area contributed by atoms with E-state index in [1.807, 2.05) is 0 Å². The lowest BCUT2D eigenvalue weighted by atomic mass is 10.1. The maximum Gasteiger partial charge on any atom is 0.335 e. The highest BCUT2D eigenvalue weighted by Crippen LogP contribution is 2.11. The van der Waals surface area contributed by atoms with Crippen LogP contribution in [0.25, 0.3) is 0 Å². The van der Waals surface area contributed by atoms with E-state index in [0.29, 0.717) is 0 Å². The third-order valence-corrected chi connectivity index (χ3v) is 3.03. The molecule has 7 nitrogen and oxygen atoms in total. The quantitative estimate of drug-likeness (QED) is 0.782. The molecular weight excluding hydrogens is 288 g/mol. The Morgan fingerprint density at radius 3 is 2.36 bits per heavy atom. The van der Waals surface area contributed by atoms with Gasteiger partial charge in [-0.15, -0.1) is 0 Å². The molecule has 0 saturated heterocycles. The van der Waals surface area contributed by atoms with E-state index in [9.17, 15) is 19.5 Å². The molecule has 0 aliphatic carbocycles. The van der Waals surface area contributed by atoms with Gasteiger partial charge in [0.15, 0.2) is 0 Å². The lowest BCUT2D eigenvalue weighted by Gasteiger charge is -2.17. The topological polar surface area (TPSA) is 111 Å².